The minimum atomic E-state index is -0.879. The van der Waals surface area contributed by atoms with Gasteiger partial charge in [0, 0.05) is 21.1 Å². The molecule has 9 heteroatoms. The standard InChI is InChI=1S/C8H10N4O2.C7H6O2.Na.H/c1-10-4-9-6-5(10)7(13)12(3)8(14)11(6)2;8-7(9)6-4-2-1-3-5-6;;/h4H,1-3H3;1-5H,(H,8,9);;. The van der Waals surface area contributed by atoms with Crippen molar-refractivity contribution in [3.8, 4) is 0 Å². The summed E-state index contributed by atoms with van der Waals surface area (Å²) in [4.78, 5) is 37.4. The van der Waals surface area contributed by atoms with Crippen molar-refractivity contribution in [3.63, 3.8) is 0 Å². The van der Waals surface area contributed by atoms with Gasteiger partial charge in [-0.1, -0.05) is 18.2 Å². The first kappa shape index (κ1) is 19.9. The van der Waals surface area contributed by atoms with E-state index < -0.39 is 5.97 Å². The number of aryl methyl sites for hydroxylation is 2. The van der Waals surface area contributed by atoms with Gasteiger partial charge >= 0.3 is 41.2 Å². The van der Waals surface area contributed by atoms with Gasteiger partial charge in [-0.25, -0.2) is 14.6 Å². The summed E-state index contributed by atoms with van der Waals surface area (Å²) >= 11 is 0. The number of fused-ring (bicyclic) bond motifs is 1. The van der Waals surface area contributed by atoms with Gasteiger partial charge in [-0.15, -0.1) is 0 Å². The van der Waals surface area contributed by atoms with E-state index in [1.54, 1.807) is 49.0 Å². The predicted octanol–water partition coefficient (Wildman–Crippen LogP) is -0.293. The second kappa shape index (κ2) is 8.09. The third-order valence-electron chi connectivity index (χ3n) is 3.34. The minimum absolute atomic E-state index is 0. The van der Waals surface area contributed by atoms with Crippen molar-refractivity contribution >= 4 is 46.7 Å². The molecule has 2 heterocycles. The van der Waals surface area contributed by atoms with Crippen molar-refractivity contribution in [2.24, 2.45) is 21.1 Å². The number of hydrogen-bond donors (Lipinski definition) is 1. The van der Waals surface area contributed by atoms with Gasteiger partial charge in [-0.2, -0.15) is 0 Å². The Bertz CT molecular complexity index is 973. The number of imidazole rings is 1. The van der Waals surface area contributed by atoms with E-state index in [4.69, 9.17) is 5.11 Å². The maximum atomic E-state index is 11.7. The summed E-state index contributed by atoms with van der Waals surface area (Å²) in [7, 11) is 4.77. The normalized spacial score (nSPS) is 9.79. The van der Waals surface area contributed by atoms with Crippen molar-refractivity contribution in [2.75, 3.05) is 0 Å². The first-order chi connectivity index (χ1) is 10.8. The van der Waals surface area contributed by atoms with Crippen LogP contribution in [0.4, 0.5) is 0 Å². The van der Waals surface area contributed by atoms with Gasteiger partial charge in [0.25, 0.3) is 5.56 Å². The Morgan fingerprint density at radius 2 is 1.62 bits per heavy atom. The molecule has 1 N–H and O–H groups in total. The molecule has 0 spiro atoms. The Morgan fingerprint density at radius 3 is 2.12 bits per heavy atom. The van der Waals surface area contributed by atoms with Crippen molar-refractivity contribution in [2.45, 2.75) is 0 Å². The van der Waals surface area contributed by atoms with E-state index >= 15 is 0 Å². The molecule has 3 aromatic rings. The van der Waals surface area contributed by atoms with Crippen LogP contribution in [0.5, 0.6) is 0 Å². The summed E-state index contributed by atoms with van der Waals surface area (Å²) < 4.78 is 4.04. The fraction of sp³-hybridized carbons (Fsp3) is 0.200. The number of rotatable bonds is 1. The van der Waals surface area contributed by atoms with E-state index in [1.165, 1.54) is 17.9 Å². The van der Waals surface area contributed by atoms with Crippen LogP contribution in [0.1, 0.15) is 10.4 Å². The number of carboxylic acid groups (broad SMARTS) is 1. The first-order valence-corrected chi connectivity index (χ1v) is 6.70. The van der Waals surface area contributed by atoms with Gasteiger partial charge in [0.15, 0.2) is 11.2 Å². The number of hydrogen-bond acceptors (Lipinski definition) is 4. The molecule has 0 saturated carbocycles. The molecular formula is C15H17N4NaO4. The number of nitrogens with zero attached hydrogens (tertiary/aromatic N) is 4. The van der Waals surface area contributed by atoms with E-state index in [0.29, 0.717) is 16.7 Å². The molecule has 0 unspecified atom stereocenters. The van der Waals surface area contributed by atoms with E-state index in [0.717, 1.165) is 4.57 Å². The molecule has 3 rings (SSSR count). The Morgan fingerprint density at radius 1 is 1.04 bits per heavy atom. The maximum absolute atomic E-state index is 11.7. The van der Waals surface area contributed by atoms with E-state index in [9.17, 15) is 14.4 Å². The first-order valence-electron chi connectivity index (χ1n) is 6.70. The number of carboxylic acids is 1. The second-order valence-corrected chi connectivity index (χ2v) is 4.90. The summed E-state index contributed by atoms with van der Waals surface area (Å²) in [5, 5.41) is 8.38. The Hall–Kier alpha value is -2.16. The number of aromatic nitrogens is 4. The molecular weight excluding hydrogens is 323 g/mol. The number of aromatic carboxylic acids is 1. The molecule has 0 aliphatic carbocycles. The van der Waals surface area contributed by atoms with E-state index in [-0.39, 0.29) is 40.8 Å². The van der Waals surface area contributed by atoms with Crippen molar-refractivity contribution < 1.29 is 9.90 Å². The third kappa shape index (κ3) is 3.84. The zero-order valence-corrected chi connectivity index (χ0v) is 12.9. The monoisotopic (exact) mass is 340 g/mol. The predicted molar refractivity (Wildman–Crippen MR) is 91.7 cm³/mol. The molecule has 0 atom stereocenters. The molecule has 0 aliphatic heterocycles. The zero-order chi connectivity index (χ0) is 17.1. The molecule has 24 heavy (non-hydrogen) atoms. The van der Waals surface area contributed by atoms with Crippen LogP contribution in [0.2, 0.25) is 0 Å². The summed E-state index contributed by atoms with van der Waals surface area (Å²) in [5.41, 5.74) is 0.511. The Labute approximate surface area is 159 Å². The van der Waals surface area contributed by atoms with Crippen LogP contribution >= 0.6 is 0 Å². The summed E-state index contributed by atoms with van der Waals surface area (Å²) in [5.74, 6) is -0.879. The van der Waals surface area contributed by atoms with Crippen LogP contribution in [0, 0.1) is 0 Å². The fourth-order valence-electron chi connectivity index (χ4n) is 2.05. The number of benzene rings is 1. The van der Waals surface area contributed by atoms with Crippen LogP contribution in [0.3, 0.4) is 0 Å². The SMILES string of the molecule is Cn1c(=O)c2c(ncn2C)n(C)c1=O.O=C(O)c1ccccc1.[NaH]. The fourth-order valence-corrected chi connectivity index (χ4v) is 2.05. The summed E-state index contributed by atoms with van der Waals surface area (Å²) in [6.07, 6.45) is 1.52. The van der Waals surface area contributed by atoms with Crippen molar-refractivity contribution in [1.29, 1.82) is 0 Å². The Kier molecular flexibility index (Phi) is 6.70. The van der Waals surface area contributed by atoms with Gasteiger partial charge in [0.1, 0.15) is 0 Å². The zero-order valence-electron chi connectivity index (χ0n) is 12.9. The van der Waals surface area contributed by atoms with Gasteiger partial charge in [0.05, 0.1) is 11.9 Å². The summed E-state index contributed by atoms with van der Waals surface area (Å²) in [6.45, 7) is 0. The van der Waals surface area contributed by atoms with Crippen LogP contribution in [0.25, 0.3) is 11.2 Å². The van der Waals surface area contributed by atoms with Gasteiger partial charge in [-0.3, -0.25) is 13.9 Å². The summed E-state index contributed by atoms with van der Waals surface area (Å²) in [6, 6.07) is 8.30. The molecule has 122 valence electrons. The van der Waals surface area contributed by atoms with E-state index in [2.05, 4.69) is 4.98 Å². The van der Waals surface area contributed by atoms with Crippen molar-refractivity contribution in [3.05, 3.63) is 63.1 Å². The molecule has 0 aliphatic rings. The molecule has 0 radical (unpaired) electrons. The van der Waals surface area contributed by atoms with Crippen LogP contribution < -0.4 is 11.2 Å². The van der Waals surface area contributed by atoms with Crippen LogP contribution in [0.15, 0.2) is 46.2 Å². The molecule has 0 bridgehead atoms. The van der Waals surface area contributed by atoms with Crippen LogP contribution in [-0.2, 0) is 21.1 Å². The number of carbonyl (C=O) groups is 1. The molecule has 2 aromatic heterocycles. The molecule has 0 fully saturated rings. The quantitative estimate of drug-likeness (QED) is 0.614. The molecule has 0 saturated heterocycles. The van der Waals surface area contributed by atoms with Gasteiger partial charge in [-0.05, 0) is 12.1 Å². The molecule has 1 aromatic carbocycles. The molecule has 0 amide bonds. The van der Waals surface area contributed by atoms with Crippen LogP contribution in [-0.4, -0.2) is 59.3 Å². The second-order valence-electron chi connectivity index (χ2n) is 4.90. The van der Waals surface area contributed by atoms with Gasteiger partial charge < -0.3 is 9.67 Å². The third-order valence-corrected chi connectivity index (χ3v) is 3.34. The van der Waals surface area contributed by atoms with E-state index in [1.807, 2.05) is 0 Å². The molecule has 8 nitrogen and oxygen atoms in total. The van der Waals surface area contributed by atoms with Gasteiger partial charge in [0.2, 0.25) is 0 Å². The van der Waals surface area contributed by atoms with Crippen molar-refractivity contribution in [1.82, 2.24) is 18.7 Å². The average Bonchev–Trinajstić information content (AvgIpc) is 2.94. The average molecular weight is 340 g/mol. The Balaban J connectivity index is 0.000000252. The topological polar surface area (TPSA) is 99.1 Å².